The van der Waals surface area contributed by atoms with Crippen LogP contribution in [-0.4, -0.2) is 66.0 Å². The fraction of sp³-hybridized carbons (Fsp3) is 0.346. The third kappa shape index (κ3) is 10.7. The monoisotopic (exact) mass is 904 g/mol. The molecule has 2 heterocycles. The predicted octanol–water partition coefficient (Wildman–Crippen LogP) is 7.85. The van der Waals surface area contributed by atoms with Gasteiger partial charge in [-0.15, -0.1) is 0 Å². The van der Waals surface area contributed by atoms with Gasteiger partial charge in [-0.05, 0) is 68.5 Å². The van der Waals surface area contributed by atoms with Crippen molar-refractivity contribution in [3.8, 4) is 0 Å². The van der Waals surface area contributed by atoms with Gasteiger partial charge >= 0.3 is 7.69 Å². The molecule has 15 heteroatoms. The van der Waals surface area contributed by atoms with Crippen molar-refractivity contribution in [2.24, 2.45) is 11.8 Å². The maximum absolute atomic E-state index is 14.6. The highest BCUT2D eigenvalue weighted by molar-refractivity contribution is 6.18. The normalized spacial score (nSPS) is 23.6. The molecule has 0 radical (unpaired) electrons. The SMILES string of the molecule is CC(C)CC(NC(=O)C1NC(c2ccccc2)C([N+](=O)[O-])C1c1ccc2ccccc2c1)OBOC(CC(C)C)NC(=O)C1NC(c2ccccc2)C([N+](=O)[O-])C1c1ccc2ccccc2c1. The molecule has 0 aliphatic carbocycles. The molecule has 2 saturated heterocycles. The van der Waals surface area contributed by atoms with E-state index in [0.29, 0.717) is 35.1 Å². The molecule has 0 saturated carbocycles. The molecular formula is C52H57BN6O8. The summed E-state index contributed by atoms with van der Waals surface area (Å²) < 4.78 is 12.5. The Morgan fingerprint density at radius 1 is 0.537 bits per heavy atom. The van der Waals surface area contributed by atoms with Gasteiger partial charge in [0.25, 0.3) is 0 Å². The summed E-state index contributed by atoms with van der Waals surface area (Å²) in [6.45, 7) is 7.97. The summed E-state index contributed by atoms with van der Waals surface area (Å²) in [5.74, 6) is -2.43. The lowest BCUT2D eigenvalue weighted by Crippen LogP contribution is -2.51. The molecule has 6 aromatic carbocycles. The molecule has 2 fully saturated rings. The summed E-state index contributed by atoms with van der Waals surface area (Å²) in [4.78, 5) is 54.5. The van der Waals surface area contributed by atoms with Gasteiger partial charge in [0.05, 0.1) is 11.8 Å². The topological polar surface area (TPSA) is 187 Å². The van der Waals surface area contributed by atoms with E-state index in [2.05, 4.69) is 21.3 Å². The lowest BCUT2D eigenvalue weighted by molar-refractivity contribution is -0.527. The van der Waals surface area contributed by atoms with Crippen molar-refractivity contribution in [2.75, 3.05) is 0 Å². The number of amides is 2. The Morgan fingerprint density at radius 2 is 0.896 bits per heavy atom. The van der Waals surface area contributed by atoms with E-state index < -0.39 is 72.4 Å². The van der Waals surface area contributed by atoms with Crippen LogP contribution in [0.2, 0.25) is 0 Å². The number of rotatable bonds is 18. The molecular weight excluding hydrogens is 847 g/mol. The number of carbonyl (C=O) groups is 2. The number of carbonyl (C=O) groups excluding carboxylic acids is 2. The van der Waals surface area contributed by atoms with Crippen molar-refractivity contribution in [2.45, 2.75) is 101 Å². The summed E-state index contributed by atoms with van der Waals surface area (Å²) in [5, 5.41) is 42.6. The van der Waals surface area contributed by atoms with Crippen LogP contribution in [0.3, 0.4) is 0 Å². The van der Waals surface area contributed by atoms with Crippen LogP contribution in [-0.2, 0) is 18.9 Å². The Labute approximate surface area is 390 Å². The standard InChI is InChI=1S/C52H57BN6O8/c1-31(2)27-41(54-51(60)47-43(39-25-23-33-15-11-13-21-37(33)29-39)49(58(62)63)45(56-47)35-17-7-5-8-18-35)66-53-67-42(28-32(3)4)55-52(61)48-44(40-26-24-34-16-12-14-22-38(34)30-40)50(59(64)65)46(57-48)36-19-9-6-10-20-36/h5-26,29-32,41-50,53,56-57H,27-28H2,1-4H3,(H,54,60)(H,55,61). The molecule has 10 unspecified atom stereocenters. The Bertz CT molecular complexity index is 2510. The highest BCUT2D eigenvalue weighted by Gasteiger charge is 2.56. The third-order valence-corrected chi connectivity index (χ3v) is 13.1. The zero-order chi connectivity index (χ0) is 47.2. The van der Waals surface area contributed by atoms with Crippen LogP contribution in [0, 0.1) is 32.1 Å². The summed E-state index contributed by atoms with van der Waals surface area (Å²) in [7, 11) is -0.317. The number of nitro groups is 2. The van der Waals surface area contributed by atoms with E-state index in [0.717, 1.165) is 21.5 Å². The first-order valence-corrected chi connectivity index (χ1v) is 23.1. The molecule has 67 heavy (non-hydrogen) atoms. The largest absolute Gasteiger partial charge is 0.441 e. The highest BCUT2D eigenvalue weighted by Crippen LogP contribution is 2.43. The number of nitrogens with one attached hydrogen (secondary N) is 4. The molecule has 14 nitrogen and oxygen atoms in total. The van der Waals surface area contributed by atoms with E-state index in [-0.39, 0.29) is 29.4 Å². The quantitative estimate of drug-likeness (QED) is 0.0286. The molecule has 0 aromatic heterocycles. The molecule has 4 N–H and O–H groups in total. The Morgan fingerprint density at radius 3 is 1.25 bits per heavy atom. The minimum atomic E-state index is -1.16. The maximum atomic E-state index is 14.6. The first kappa shape index (κ1) is 47.0. The number of fused-ring (bicyclic) bond motifs is 2. The van der Waals surface area contributed by atoms with Crippen molar-refractivity contribution < 1.29 is 28.7 Å². The molecule has 8 rings (SSSR count). The third-order valence-electron chi connectivity index (χ3n) is 13.1. The van der Waals surface area contributed by atoms with Gasteiger partial charge in [0.1, 0.15) is 36.6 Å². The first-order chi connectivity index (χ1) is 32.4. The summed E-state index contributed by atoms with van der Waals surface area (Å²) in [6, 6.07) is 39.5. The van der Waals surface area contributed by atoms with Crippen molar-refractivity contribution in [1.82, 2.24) is 21.3 Å². The van der Waals surface area contributed by atoms with Crippen molar-refractivity contribution in [1.29, 1.82) is 0 Å². The number of hydrogen-bond acceptors (Lipinski definition) is 10. The predicted molar refractivity (Wildman–Crippen MR) is 259 cm³/mol. The zero-order valence-electron chi connectivity index (χ0n) is 38.1. The van der Waals surface area contributed by atoms with Gasteiger partial charge < -0.3 is 19.9 Å². The zero-order valence-corrected chi connectivity index (χ0v) is 38.1. The van der Waals surface area contributed by atoms with Crippen LogP contribution in [0.25, 0.3) is 21.5 Å². The van der Waals surface area contributed by atoms with Gasteiger partial charge in [0, 0.05) is 9.85 Å². The van der Waals surface area contributed by atoms with Crippen LogP contribution in [0.5, 0.6) is 0 Å². The van der Waals surface area contributed by atoms with Gasteiger partial charge in [0.15, 0.2) is 0 Å². The summed E-state index contributed by atoms with van der Waals surface area (Å²) in [5.41, 5.74) is 2.74. The maximum Gasteiger partial charge on any atom is 0.441 e. The summed E-state index contributed by atoms with van der Waals surface area (Å²) >= 11 is 0. The minimum Gasteiger partial charge on any atom is -0.393 e. The Hall–Kier alpha value is -6.52. The second-order valence-corrected chi connectivity index (χ2v) is 18.6. The van der Waals surface area contributed by atoms with Gasteiger partial charge in [-0.25, -0.2) is 0 Å². The van der Waals surface area contributed by atoms with Crippen LogP contribution in [0.4, 0.5) is 0 Å². The van der Waals surface area contributed by atoms with E-state index in [9.17, 15) is 29.8 Å². The molecule has 2 aliphatic rings. The van der Waals surface area contributed by atoms with Crippen molar-refractivity contribution in [3.05, 3.63) is 188 Å². The molecule has 2 aliphatic heterocycles. The smallest absolute Gasteiger partial charge is 0.393 e. The highest BCUT2D eigenvalue weighted by atomic mass is 16.6. The second kappa shape index (κ2) is 21.0. The second-order valence-electron chi connectivity index (χ2n) is 18.6. The Kier molecular flexibility index (Phi) is 14.7. The van der Waals surface area contributed by atoms with Crippen LogP contribution in [0.15, 0.2) is 146 Å². The van der Waals surface area contributed by atoms with E-state index in [1.807, 2.05) is 173 Å². The van der Waals surface area contributed by atoms with Gasteiger partial charge in [-0.3, -0.25) is 40.5 Å². The van der Waals surface area contributed by atoms with Crippen LogP contribution < -0.4 is 21.3 Å². The summed E-state index contributed by atoms with van der Waals surface area (Å²) in [6.07, 6.45) is -0.916. The number of benzene rings is 6. The van der Waals surface area contributed by atoms with Gasteiger partial charge in [-0.2, -0.15) is 0 Å². The fourth-order valence-electron chi connectivity index (χ4n) is 9.99. The van der Waals surface area contributed by atoms with E-state index in [1.54, 1.807) is 0 Å². The van der Waals surface area contributed by atoms with E-state index in [4.69, 9.17) is 9.31 Å². The molecule has 0 bridgehead atoms. The van der Waals surface area contributed by atoms with Gasteiger partial charge in [0.2, 0.25) is 23.9 Å². The lowest BCUT2D eigenvalue weighted by atomic mass is 9.84. The molecule has 6 aromatic rings. The minimum absolute atomic E-state index is 0.0699. The molecule has 0 spiro atoms. The average Bonchev–Trinajstić information content (AvgIpc) is 3.93. The number of nitrogens with zero attached hydrogens (tertiary/aromatic N) is 2. The molecule has 10 atom stereocenters. The van der Waals surface area contributed by atoms with Crippen molar-refractivity contribution in [3.63, 3.8) is 0 Å². The molecule has 346 valence electrons. The van der Waals surface area contributed by atoms with E-state index >= 15 is 0 Å². The average molecular weight is 905 g/mol. The van der Waals surface area contributed by atoms with Crippen LogP contribution in [0.1, 0.15) is 86.7 Å². The first-order valence-electron chi connectivity index (χ1n) is 23.1. The lowest BCUT2D eigenvalue weighted by Gasteiger charge is -2.28. The van der Waals surface area contributed by atoms with Crippen molar-refractivity contribution >= 4 is 41.0 Å². The van der Waals surface area contributed by atoms with Crippen LogP contribution >= 0.6 is 0 Å². The van der Waals surface area contributed by atoms with Gasteiger partial charge in [-0.1, -0.05) is 173 Å². The fourth-order valence-corrected chi connectivity index (χ4v) is 9.99. The Balaban J connectivity index is 1.01. The molecule has 2 amide bonds. The number of hydrogen-bond donors (Lipinski definition) is 4. The van der Waals surface area contributed by atoms with E-state index in [1.165, 1.54) is 0 Å².